The Bertz CT molecular complexity index is 511. The van der Waals surface area contributed by atoms with Crippen molar-refractivity contribution in [3.05, 3.63) is 52.8 Å². The first-order valence-electron chi connectivity index (χ1n) is 6.25. The molecule has 0 spiro atoms. The number of pyridine rings is 1. The molecule has 0 saturated heterocycles. The summed E-state index contributed by atoms with van der Waals surface area (Å²) in [6, 6.07) is 12.4. The third-order valence-electron chi connectivity index (χ3n) is 2.99. The smallest absolute Gasteiger partial charge is 0.118 e. The van der Waals surface area contributed by atoms with E-state index in [0.717, 1.165) is 22.5 Å². The van der Waals surface area contributed by atoms with Crippen molar-refractivity contribution in [2.24, 2.45) is 0 Å². The van der Waals surface area contributed by atoms with Crippen LogP contribution in [0.25, 0.3) is 0 Å². The molecule has 0 bridgehead atoms. The zero-order chi connectivity index (χ0) is 13.7. The number of nitrogens with one attached hydrogen (secondary N) is 1. The lowest BCUT2D eigenvalue weighted by atomic mass is 10.0. The summed E-state index contributed by atoms with van der Waals surface area (Å²) in [7, 11) is 1.68. The van der Waals surface area contributed by atoms with Crippen molar-refractivity contribution in [1.29, 1.82) is 0 Å². The summed E-state index contributed by atoms with van der Waals surface area (Å²) in [5.41, 5.74) is 2.26. The van der Waals surface area contributed by atoms with Crippen molar-refractivity contribution in [1.82, 2.24) is 4.98 Å². The fraction of sp³-hybridized carbons (Fsp3) is 0.267. The normalized spacial score (nSPS) is 11.9. The molecule has 1 N–H and O–H groups in total. The van der Waals surface area contributed by atoms with E-state index in [1.165, 1.54) is 5.56 Å². The first-order chi connectivity index (χ1) is 9.22. The zero-order valence-corrected chi connectivity index (χ0v) is 12.6. The van der Waals surface area contributed by atoms with E-state index in [1.54, 1.807) is 7.11 Å². The van der Waals surface area contributed by atoms with E-state index in [-0.39, 0.29) is 6.04 Å². The molecule has 0 aliphatic rings. The molecular weight excluding hydrogens is 304 g/mol. The molecule has 1 unspecified atom stereocenters. The largest absolute Gasteiger partial charge is 0.497 e. The summed E-state index contributed by atoms with van der Waals surface area (Å²) in [5, 5.41) is 3.49. The number of rotatable bonds is 5. The molecule has 0 amide bonds. The Morgan fingerprint density at radius 3 is 2.47 bits per heavy atom. The van der Waals surface area contributed by atoms with E-state index in [4.69, 9.17) is 4.74 Å². The minimum Gasteiger partial charge on any atom is -0.497 e. The van der Waals surface area contributed by atoms with Crippen LogP contribution in [0.2, 0.25) is 0 Å². The van der Waals surface area contributed by atoms with Gasteiger partial charge in [0.1, 0.15) is 10.4 Å². The van der Waals surface area contributed by atoms with Gasteiger partial charge in [-0.3, -0.25) is 0 Å². The van der Waals surface area contributed by atoms with Gasteiger partial charge in [-0.25, -0.2) is 4.98 Å². The molecule has 100 valence electrons. The lowest BCUT2D eigenvalue weighted by molar-refractivity contribution is 0.414. The first kappa shape index (κ1) is 13.9. The molecule has 1 atom stereocenters. The van der Waals surface area contributed by atoms with Gasteiger partial charge in [0.25, 0.3) is 0 Å². The van der Waals surface area contributed by atoms with E-state index in [0.29, 0.717) is 0 Å². The minimum absolute atomic E-state index is 0.272. The Hall–Kier alpha value is -1.55. The molecule has 1 heterocycles. The predicted octanol–water partition coefficient (Wildman–Crippen LogP) is 4.42. The SMILES string of the molecule is CCC(Nc1ccc(Br)nc1)c1ccc(OC)cc1. The van der Waals surface area contributed by atoms with Crippen LogP contribution in [0.5, 0.6) is 5.75 Å². The van der Waals surface area contributed by atoms with Gasteiger partial charge in [0, 0.05) is 0 Å². The molecule has 1 aromatic heterocycles. The van der Waals surface area contributed by atoms with Crippen LogP contribution in [0.4, 0.5) is 5.69 Å². The molecule has 4 heteroatoms. The molecule has 0 aliphatic heterocycles. The van der Waals surface area contributed by atoms with E-state index >= 15 is 0 Å². The van der Waals surface area contributed by atoms with Gasteiger partial charge in [-0.05, 0) is 52.2 Å². The van der Waals surface area contributed by atoms with Crippen LogP contribution < -0.4 is 10.1 Å². The van der Waals surface area contributed by atoms with Crippen molar-refractivity contribution in [3.63, 3.8) is 0 Å². The van der Waals surface area contributed by atoms with Gasteiger partial charge in [0.15, 0.2) is 0 Å². The molecule has 2 rings (SSSR count). The number of methoxy groups -OCH3 is 1. The number of hydrogen-bond donors (Lipinski definition) is 1. The lowest BCUT2D eigenvalue weighted by Gasteiger charge is -2.18. The molecular formula is C15H17BrN2O. The lowest BCUT2D eigenvalue weighted by Crippen LogP contribution is -2.09. The summed E-state index contributed by atoms with van der Waals surface area (Å²) in [4.78, 5) is 4.22. The maximum atomic E-state index is 5.18. The van der Waals surface area contributed by atoms with E-state index in [9.17, 15) is 0 Å². The van der Waals surface area contributed by atoms with Crippen LogP contribution in [-0.2, 0) is 0 Å². The summed E-state index contributed by atoms with van der Waals surface area (Å²) >= 11 is 3.34. The Kier molecular flexibility index (Phi) is 4.80. The standard InChI is InChI=1S/C15H17BrN2O/c1-3-14(11-4-7-13(19-2)8-5-11)18-12-6-9-15(16)17-10-12/h4-10,14,18H,3H2,1-2H3. The first-order valence-corrected chi connectivity index (χ1v) is 7.04. The van der Waals surface area contributed by atoms with E-state index < -0.39 is 0 Å². The highest BCUT2D eigenvalue weighted by Gasteiger charge is 2.09. The average Bonchev–Trinajstić information content (AvgIpc) is 2.47. The molecule has 3 nitrogen and oxygen atoms in total. The number of ether oxygens (including phenoxy) is 1. The third-order valence-corrected chi connectivity index (χ3v) is 3.46. The van der Waals surface area contributed by atoms with Gasteiger partial charge < -0.3 is 10.1 Å². The quantitative estimate of drug-likeness (QED) is 0.828. The molecule has 1 aromatic carbocycles. The molecule has 0 fully saturated rings. The second kappa shape index (κ2) is 6.57. The van der Waals surface area contributed by atoms with Gasteiger partial charge >= 0.3 is 0 Å². The fourth-order valence-electron chi connectivity index (χ4n) is 1.92. The zero-order valence-electron chi connectivity index (χ0n) is 11.1. The summed E-state index contributed by atoms with van der Waals surface area (Å²) in [6.07, 6.45) is 2.83. The highest BCUT2D eigenvalue weighted by atomic mass is 79.9. The molecule has 2 aromatic rings. The number of aromatic nitrogens is 1. The number of nitrogens with zero attached hydrogens (tertiary/aromatic N) is 1. The number of hydrogen-bond acceptors (Lipinski definition) is 3. The molecule has 0 aliphatic carbocycles. The Balaban J connectivity index is 2.12. The Morgan fingerprint density at radius 1 is 1.21 bits per heavy atom. The highest BCUT2D eigenvalue weighted by Crippen LogP contribution is 2.24. The van der Waals surface area contributed by atoms with Gasteiger partial charge in [-0.2, -0.15) is 0 Å². The molecule has 0 radical (unpaired) electrons. The van der Waals surface area contributed by atoms with Crippen LogP contribution in [0.1, 0.15) is 24.9 Å². The number of benzene rings is 1. The Labute approximate surface area is 122 Å². The van der Waals surface area contributed by atoms with Crippen molar-refractivity contribution in [3.8, 4) is 5.75 Å². The second-order valence-electron chi connectivity index (χ2n) is 4.25. The van der Waals surface area contributed by atoms with E-state index in [2.05, 4.69) is 45.3 Å². The van der Waals surface area contributed by atoms with E-state index in [1.807, 2.05) is 30.5 Å². The maximum Gasteiger partial charge on any atom is 0.118 e. The van der Waals surface area contributed by atoms with Gasteiger partial charge in [-0.1, -0.05) is 19.1 Å². The monoisotopic (exact) mass is 320 g/mol. The van der Waals surface area contributed by atoms with Crippen molar-refractivity contribution in [2.75, 3.05) is 12.4 Å². The molecule has 19 heavy (non-hydrogen) atoms. The second-order valence-corrected chi connectivity index (χ2v) is 5.06. The minimum atomic E-state index is 0.272. The maximum absolute atomic E-state index is 5.18. The van der Waals surface area contributed by atoms with Crippen LogP contribution in [0, 0.1) is 0 Å². The van der Waals surface area contributed by atoms with Gasteiger partial charge in [0.05, 0.1) is 25.0 Å². The average molecular weight is 321 g/mol. The van der Waals surface area contributed by atoms with Crippen molar-refractivity contribution in [2.45, 2.75) is 19.4 Å². The summed E-state index contributed by atoms with van der Waals surface area (Å²) in [6.45, 7) is 2.16. The highest BCUT2D eigenvalue weighted by molar-refractivity contribution is 9.10. The van der Waals surface area contributed by atoms with Crippen LogP contribution in [0.3, 0.4) is 0 Å². The summed E-state index contributed by atoms with van der Waals surface area (Å²) in [5.74, 6) is 0.879. The Morgan fingerprint density at radius 2 is 1.95 bits per heavy atom. The van der Waals surface area contributed by atoms with Gasteiger partial charge in [-0.15, -0.1) is 0 Å². The topological polar surface area (TPSA) is 34.2 Å². The molecule has 0 saturated carbocycles. The number of anilines is 1. The van der Waals surface area contributed by atoms with Crippen LogP contribution >= 0.6 is 15.9 Å². The third kappa shape index (κ3) is 3.70. The summed E-state index contributed by atoms with van der Waals surface area (Å²) < 4.78 is 6.02. The van der Waals surface area contributed by atoms with Crippen LogP contribution in [0.15, 0.2) is 47.2 Å². The van der Waals surface area contributed by atoms with Gasteiger partial charge in [0.2, 0.25) is 0 Å². The number of halogens is 1. The van der Waals surface area contributed by atoms with Crippen molar-refractivity contribution < 1.29 is 4.74 Å². The van der Waals surface area contributed by atoms with Crippen LogP contribution in [-0.4, -0.2) is 12.1 Å². The fourth-order valence-corrected chi connectivity index (χ4v) is 2.15. The van der Waals surface area contributed by atoms with Crippen molar-refractivity contribution >= 4 is 21.6 Å². The predicted molar refractivity (Wildman–Crippen MR) is 81.6 cm³/mol.